The predicted octanol–water partition coefficient (Wildman–Crippen LogP) is 4.91. The van der Waals surface area contributed by atoms with Crippen LogP contribution in [0.15, 0.2) is 71.4 Å². The minimum atomic E-state index is -4.59. The first-order chi connectivity index (χ1) is 18.8. The number of anilines is 1. The number of halogens is 3. The first kappa shape index (κ1) is 26.1. The summed E-state index contributed by atoms with van der Waals surface area (Å²) in [6.07, 6.45) is -3.41. The highest BCUT2D eigenvalue weighted by Crippen LogP contribution is 2.38. The van der Waals surface area contributed by atoms with Gasteiger partial charge in [0.15, 0.2) is 6.61 Å². The SMILES string of the molecule is COC(=O)C[C@H]1CN(c2nccc(C(F)(F)F)n2)C[C@H]1c1cccc(OCc2nc(-c3ccccc3)no2)c1. The second-order valence-corrected chi connectivity index (χ2v) is 9.03. The summed E-state index contributed by atoms with van der Waals surface area (Å²) in [5.41, 5.74) is 0.653. The van der Waals surface area contributed by atoms with E-state index in [9.17, 15) is 18.0 Å². The van der Waals surface area contributed by atoms with Crippen LogP contribution < -0.4 is 9.64 Å². The Hall–Kier alpha value is -4.48. The van der Waals surface area contributed by atoms with Crippen molar-refractivity contribution in [3.8, 4) is 17.1 Å². The zero-order valence-electron chi connectivity index (χ0n) is 20.8. The molecule has 0 spiro atoms. The van der Waals surface area contributed by atoms with Gasteiger partial charge in [-0.15, -0.1) is 0 Å². The quantitative estimate of drug-likeness (QED) is 0.289. The number of hydrogen-bond donors (Lipinski definition) is 0. The standard InChI is InChI=1S/C27H24F3N5O4/c1-37-24(36)13-19-14-35(26-31-11-10-22(32-26)27(28,29)30)15-21(19)18-8-5-9-20(12-18)38-16-23-33-25(34-39-23)17-6-3-2-4-7-17/h2-12,19,21H,13-16H2,1H3/t19-,21-/m0/s1. The van der Waals surface area contributed by atoms with Crippen molar-refractivity contribution in [2.75, 3.05) is 25.1 Å². The topological polar surface area (TPSA) is 103 Å². The summed E-state index contributed by atoms with van der Waals surface area (Å²) in [5, 5.41) is 3.99. The zero-order valence-corrected chi connectivity index (χ0v) is 20.8. The molecule has 9 nitrogen and oxygen atoms in total. The van der Waals surface area contributed by atoms with Crippen molar-refractivity contribution >= 4 is 11.9 Å². The normalized spacial score (nSPS) is 17.3. The van der Waals surface area contributed by atoms with Crippen molar-refractivity contribution in [2.45, 2.75) is 25.1 Å². The number of carbonyl (C=O) groups is 1. The third-order valence-electron chi connectivity index (χ3n) is 6.46. The summed E-state index contributed by atoms with van der Waals surface area (Å²) >= 11 is 0. The van der Waals surface area contributed by atoms with Crippen LogP contribution in [0.4, 0.5) is 19.1 Å². The van der Waals surface area contributed by atoms with Gasteiger partial charge >= 0.3 is 12.1 Å². The van der Waals surface area contributed by atoms with Crippen LogP contribution in [0.2, 0.25) is 0 Å². The third-order valence-corrected chi connectivity index (χ3v) is 6.46. The molecular weight excluding hydrogens is 515 g/mol. The van der Waals surface area contributed by atoms with Gasteiger partial charge < -0.3 is 18.9 Å². The fourth-order valence-corrected chi connectivity index (χ4v) is 4.57. The van der Waals surface area contributed by atoms with Crippen LogP contribution in [-0.2, 0) is 22.3 Å². The molecule has 0 aliphatic carbocycles. The lowest BCUT2D eigenvalue weighted by atomic mass is 9.87. The van der Waals surface area contributed by atoms with Crippen LogP contribution in [0.5, 0.6) is 5.75 Å². The fraction of sp³-hybridized carbons (Fsp3) is 0.296. The minimum Gasteiger partial charge on any atom is -0.484 e. The van der Waals surface area contributed by atoms with Gasteiger partial charge in [-0.05, 0) is 29.7 Å². The number of nitrogens with zero attached hydrogens (tertiary/aromatic N) is 5. The Balaban J connectivity index is 1.32. The smallest absolute Gasteiger partial charge is 0.433 e. The lowest BCUT2D eigenvalue weighted by molar-refractivity contribution is -0.142. The van der Waals surface area contributed by atoms with Crippen LogP contribution in [0.25, 0.3) is 11.4 Å². The molecule has 1 aliphatic rings. The van der Waals surface area contributed by atoms with E-state index in [1.54, 1.807) is 11.0 Å². The number of benzene rings is 2. The molecule has 1 aliphatic heterocycles. The van der Waals surface area contributed by atoms with E-state index in [2.05, 4.69) is 20.1 Å². The van der Waals surface area contributed by atoms with E-state index in [0.717, 1.165) is 23.4 Å². The van der Waals surface area contributed by atoms with Gasteiger partial charge in [0.25, 0.3) is 5.89 Å². The lowest BCUT2D eigenvalue weighted by Crippen LogP contribution is -2.24. The summed E-state index contributed by atoms with van der Waals surface area (Å²) in [7, 11) is 1.30. The highest BCUT2D eigenvalue weighted by molar-refractivity contribution is 5.70. The second-order valence-electron chi connectivity index (χ2n) is 9.03. The van der Waals surface area contributed by atoms with Gasteiger partial charge in [-0.1, -0.05) is 47.6 Å². The van der Waals surface area contributed by atoms with Gasteiger partial charge in [0.1, 0.15) is 11.4 Å². The Morgan fingerprint density at radius 3 is 2.67 bits per heavy atom. The molecule has 4 aromatic rings. The van der Waals surface area contributed by atoms with Gasteiger partial charge in [-0.25, -0.2) is 9.97 Å². The molecular formula is C27H24F3N5O4. The largest absolute Gasteiger partial charge is 0.484 e. The van der Waals surface area contributed by atoms with Crippen LogP contribution in [0.3, 0.4) is 0 Å². The molecule has 0 unspecified atom stereocenters. The average molecular weight is 540 g/mol. The fourth-order valence-electron chi connectivity index (χ4n) is 4.57. The van der Waals surface area contributed by atoms with E-state index < -0.39 is 17.8 Å². The number of esters is 1. The molecule has 0 bridgehead atoms. The monoisotopic (exact) mass is 539 g/mol. The van der Waals surface area contributed by atoms with Gasteiger partial charge in [0.05, 0.1) is 13.5 Å². The lowest BCUT2D eigenvalue weighted by Gasteiger charge is -2.18. The molecule has 2 atom stereocenters. The number of carbonyl (C=O) groups excluding carboxylic acids is 1. The number of aromatic nitrogens is 4. The summed E-state index contributed by atoms with van der Waals surface area (Å²) < 4.78 is 55.7. The van der Waals surface area contributed by atoms with Crippen LogP contribution in [0.1, 0.15) is 29.5 Å². The highest BCUT2D eigenvalue weighted by atomic mass is 19.4. The van der Waals surface area contributed by atoms with E-state index in [0.29, 0.717) is 24.0 Å². The predicted molar refractivity (Wildman–Crippen MR) is 133 cm³/mol. The van der Waals surface area contributed by atoms with Crippen LogP contribution in [0, 0.1) is 5.92 Å². The summed E-state index contributed by atoms with van der Waals surface area (Å²) in [5.74, 6) is 0.398. The average Bonchev–Trinajstić information content (AvgIpc) is 3.60. The second kappa shape index (κ2) is 11.1. The summed E-state index contributed by atoms with van der Waals surface area (Å²) in [6.45, 7) is 0.649. The zero-order chi connectivity index (χ0) is 27.4. The molecule has 202 valence electrons. The molecule has 0 amide bonds. The molecule has 2 aromatic heterocycles. The molecule has 0 saturated carbocycles. The Kier molecular flexibility index (Phi) is 7.44. The molecule has 2 aromatic carbocycles. The molecule has 12 heteroatoms. The maximum absolute atomic E-state index is 13.2. The van der Waals surface area contributed by atoms with Gasteiger partial charge in [-0.3, -0.25) is 4.79 Å². The van der Waals surface area contributed by atoms with Crippen LogP contribution in [-0.4, -0.2) is 46.3 Å². The number of methoxy groups -OCH3 is 1. The Morgan fingerprint density at radius 1 is 1.08 bits per heavy atom. The van der Waals surface area contributed by atoms with Crippen LogP contribution >= 0.6 is 0 Å². The molecule has 39 heavy (non-hydrogen) atoms. The van der Waals surface area contributed by atoms with Gasteiger partial charge in [0, 0.05) is 30.8 Å². The Labute approximate surface area is 221 Å². The molecule has 0 N–H and O–H groups in total. The molecule has 1 fully saturated rings. The van der Waals surface area contributed by atoms with E-state index >= 15 is 0 Å². The highest BCUT2D eigenvalue weighted by Gasteiger charge is 2.38. The number of hydrogen-bond acceptors (Lipinski definition) is 9. The number of alkyl halides is 3. The van der Waals surface area contributed by atoms with E-state index in [1.807, 2.05) is 48.5 Å². The summed E-state index contributed by atoms with van der Waals surface area (Å²) in [4.78, 5) is 25.9. The van der Waals surface area contributed by atoms with Crippen molar-refractivity contribution in [1.82, 2.24) is 20.1 Å². The van der Waals surface area contributed by atoms with Crippen molar-refractivity contribution in [2.24, 2.45) is 5.92 Å². The van der Waals surface area contributed by atoms with Crippen molar-refractivity contribution in [1.29, 1.82) is 0 Å². The van der Waals surface area contributed by atoms with Crippen molar-refractivity contribution in [3.05, 3.63) is 84.0 Å². The van der Waals surface area contributed by atoms with Crippen molar-refractivity contribution in [3.63, 3.8) is 0 Å². The van der Waals surface area contributed by atoms with Crippen molar-refractivity contribution < 1.29 is 32.0 Å². The molecule has 3 heterocycles. The number of ether oxygens (including phenoxy) is 2. The maximum Gasteiger partial charge on any atom is 0.433 e. The van der Waals surface area contributed by atoms with Gasteiger partial charge in [0.2, 0.25) is 11.8 Å². The van der Waals surface area contributed by atoms with Gasteiger partial charge in [-0.2, -0.15) is 18.2 Å². The maximum atomic E-state index is 13.2. The Morgan fingerprint density at radius 2 is 1.90 bits per heavy atom. The van der Waals surface area contributed by atoms with E-state index in [-0.39, 0.29) is 37.4 Å². The first-order valence-electron chi connectivity index (χ1n) is 12.1. The molecule has 0 radical (unpaired) electrons. The third kappa shape index (κ3) is 6.16. The first-order valence-corrected chi connectivity index (χ1v) is 12.1. The van der Waals surface area contributed by atoms with E-state index in [4.69, 9.17) is 14.0 Å². The minimum absolute atomic E-state index is 0.0415. The summed E-state index contributed by atoms with van der Waals surface area (Å²) in [6, 6.07) is 17.5. The number of rotatable bonds is 8. The molecule has 5 rings (SSSR count). The molecule has 1 saturated heterocycles. The Bertz CT molecular complexity index is 1430. The van der Waals surface area contributed by atoms with E-state index in [1.165, 1.54) is 7.11 Å².